The van der Waals surface area contributed by atoms with E-state index in [2.05, 4.69) is 6.92 Å². The number of ether oxygens (including phenoxy) is 3. The highest BCUT2D eigenvalue weighted by molar-refractivity contribution is 4.83. The molecular weight excluding hydrogens is 256 g/mol. The molecule has 0 aromatic heterocycles. The molecule has 0 aromatic carbocycles. The minimum atomic E-state index is 0.147. The molecule has 1 aliphatic rings. The zero-order valence-electron chi connectivity index (χ0n) is 13.1. The molecule has 1 N–H and O–H groups in total. The van der Waals surface area contributed by atoms with E-state index in [-0.39, 0.29) is 5.41 Å². The maximum atomic E-state index is 9.48. The van der Waals surface area contributed by atoms with E-state index in [9.17, 15) is 5.11 Å². The minimum Gasteiger partial charge on any atom is -0.396 e. The van der Waals surface area contributed by atoms with E-state index in [1.54, 1.807) is 0 Å². The first-order valence-electron chi connectivity index (χ1n) is 8.17. The number of aliphatic hydroxyl groups excluding tert-OH is 1. The summed E-state index contributed by atoms with van der Waals surface area (Å²) in [6.45, 7) is 6.61. The fraction of sp³-hybridized carbons (Fsp3) is 1.00. The summed E-state index contributed by atoms with van der Waals surface area (Å²) in [5.41, 5.74) is 0.147. The Hall–Kier alpha value is -0.160. The second-order valence-corrected chi connectivity index (χ2v) is 5.81. The third-order valence-corrected chi connectivity index (χ3v) is 4.16. The van der Waals surface area contributed by atoms with E-state index < -0.39 is 0 Å². The first-order valence-corrected chi connectivity index (χ1v) is 8.17. The first kappa shape index (κ1) is 17.9. The normalized spacial score (nSPS) is 17.7. The van der Waals surface area contributed by atoms with Gasteiger partial charge >= 0.3 is 0 Å². The van der Waals surface area contributed by atoms with Crippen molar-refractivity contribution in [3.63, 3.8) is 0 Å². The average Bonchev–Trinajstić information content (AvgIpc) is 2.94. The highest BCUT2D eigenvalue weighted by Crippen LogP contribution is 2.40. The molecule has 0 aromatic rings. The molecule has 0 radical (unpaired) electrons. The maximum Gasteiger partial charge on any atom is 0.0701 e. The molecule has 0 spiro atoms. The topological polar surface area (TPSA) is 47.9 Å². The predicted molar refractivity (Wildman–Crippen MR) is 80.0 cm³/mol. The third-order valence-electron chi connectivity index (χ3n) is 4.16. The number of hydrogen-bond acceptors (Lipinski definition) is 4. The maximum absolute atomic E-state index is 9.48. The lowest BCUT2D eigenvalue weighted by Crippen LogP contribution is -2.23. The molecule has 0 atom stereocenters. The van der Waals surface area contributed by atoms with E-state index in [0.717, 1.165) is 38.9 Å². The molecule has 0 heterocycles. The predicted octanol–water partition coefficient (Wildman–Crippen LogP) is 2.78. The number of hydrogen-bond donors (Lipinski definition) is 1. The molecular formula is C16H32O4. The van der Waals surface area contributed by atoms with Crippen molar-refractivity contribution >= 4 is 0 Å². The van der Waals surface area contributed by atoms with Crippen LogP contribution in [0.5, 0.6) is 0 Å². The Labute approximate surface area is 123 Å². The molecule has 1 fully saturated rings. The molecule has 0 unspecified atom stereocenters. The van der Waals surface area contributed by atoms with Crippen LogP contribution in [0.1, 0.15) is 51.9 Å². The smallest absolute Gasteiger partial charge is 0.0701 e. The standard InChI is InChI=1S/C16H32O4/c1-2-3-9-18-11-13-20-14-12-19-10-8-16(15-17)6-4-5-7-16/h17H,2-15H2,1H3. The van der Waals surface area contributed by atoms with Crippen LogP contribution in [-0.2, 0) is 14.2 Å². The van der Waals surface area contributed by atoms with Crippen LogP contribution in [-0.4, -0.2) is 51.4 Å². The number of aliphatic hydroxyl groups is 1. The zero-order valence-corrected chi connectivity index (χ0v) is 13.1. The summed E-state index contributed by atoms with van der Waals surface area (Å²) in [6.07, 6.45) is 8.07. The molecule has 4 nitrogen and oxygen atoms in total. The number of rotatable bonds is 13. The van der Waals surface area contributed by atoms with Crippen LogP contribution in [0, 0.1) is 5.41 Å². The van der Waals surface area contributed by atoms with Crippen molar-refractivity contribution in [2.75, 3.05) is 46.2 Å². The lowest BCUT2D eigenvalue weighted by molar-refractivity contribution is 0.00338. The van der Waals surface area contributed by atoms with Crippen LogP contribution in [0.25, 0.3) is 0 Å². The van der Waals surface area contributed by atoms with E-state index in [1.807, 2.05) is 0 Å². The van der Waals surface area contributed by atoms with Gasteiger partial charge in [0, 0.05) is 19.8 Å². The Kier molecular flexibility index (Phi) is 10.3. The van der Waals surface area contributed by atoms with E-state index >= 15 is 0 Å². The van der Waals surface area contributed by atoms with Crippen LogP contribution < -0.4 is 0 Å². The van der Waals surface area contributed by atoms with E-state index in [1.165, 1.54) is 19.3 Å². The Balaban J connectivity index is 1.83. The fourth-order valence-corrected chi connectivity index (χ4v) is 2.69. The summed E-state index contributed by atoms with van der Waals surface area (Å²) in [5, 5.41) is 9.48. The van der Waals surface area contributed by atoms with Crippen molar-refractivity contribution in [1.82, 2.24) is 0 Å². The summed E-state index contributed by atoms with van der Waals surface area (Å²) >= 11 is 0. The molecule has 1 saturated carbocycles. The molecule has 0 bridgehead atoms. The van der Waals surface area contributed by atoms with Gasteiger partial charge < -0.3 is 19.3 Å². The SMILES string of the molecule is CCCCOCCOCCOCCC1(CO)CCCC1. The van der Waals surface area contributed by atoms with Crippen molar-refractivity contribution in [1.29, 1.82) is 0 Å². The summed E-state index contributed by atoms with van der Waals surface area (Å²) in [7, 11) is 0. The van der Waals surface area contributed by atoms with Gasteiger partial charge in [0.25, 0.3) is 0 Å². The van der Waals surface area contributed by atoms with Gasteiger partial charge in [-0.05, 0) is 31.1 Å². The van der Waals surface area contributed by atoms with Crippen LogP contribution >= 0.6 is 0 Å². The average molecular weight is 288 g/mol. The van der Waals surface area contributed by atoms with Gasteiger partial charge in [0.2, 0.25) is 0 Å². The largest absolute Gasteiger partial charge is 0.396 e. The quantitative estimate of drug-likeness (QED) is 0.529. The van der Waals surface area contributed by atoms with Gasteiger partial charge in [-0.3, -0.25) is 0 Å². The molecule has 120 valence electrons. The van der Waals surface area contributed by atoms with Gasteiger partial charge in [-0.15, -0.1) is 0 Å². The molecule has 1 rings (SSSR count). The van der Waals surface area contributed by atoms with Crippen LogP contribution in [0.2, 0.25) is 0 Å². The molecule has 1 aliphatic carbocycles. The lowest BCUT2D eigenvalue weighted by Gasteiger charge is -2.26. The molecule has 20 heavy (non-hydrogen) atoms. The van der Waals surface area contributed by atoms with Gasteiger partial charge in [-0.25, -0.2) is 0 Å². The fourth-order valence-electron chi connectivity index (χ4n) is 2.69. The number of unbranched alkanes of at least 4 members (excludes halogenated alkanes) is 1. The molecule has 0 saturated heterocycles. The highest BCUT2D eigenvalue weighted by Gasteiger charge is 2.32. The van der Waals surface area contributed by atoms with Gasteiger partial charge in [0.1, 0.15) is 0 Å². The molecule has 0 amide bonds. The van der Waals surface area contributed by atoms with Crippen LogP contribution in [0.3, 0.4) is 0 Å². The lowest BCUT2D eigenvalue weighted by atomic mass is 9.84. The first-order chi connectivity index (χ1) is 9.83. The van der Waals surface area contributed by atoms with Crippen LogP contribution in [0.4, 0.5) is 0 Å². The second-order valence-electron chi connectivity index (χ2n) is 5.81. The Bertz CT molecular complexity index is 215. The van der Waals surface area contributed by atoms with Gasteiger partial charge in [0.05, 0.1) is 26.4 Å². The Morgan fingerprint density at radius 2 is 1.40 bits per heavy atom. The van der Waals surface area contributed by atoms with Crippen molar-refractivity contribution in [3.8, 4) is 0 Å². The molecule has 4 heteroatoms. The second kappa shape index (κ2) is 11.5. The highest BCUT2D eigenvalue weighted by atomic mass is 16.5. The molecule has 0 aliphatic heterocycles. The van der Waals surface area contributed by atoms with E-state index in [4.69, 9.17) is 14.2 Å². The minimum absolute atomic E-state index is 0.147. The summed E-state index contributed by atoms with van der Waals surface area (Å²) in [6, 6.07) is 0. The monoisotopic (exact) mass is 288 g/mol. The zero-order chi connectivity index (χ0) is 14.5. The third kappa shape index (κ3) is 7.58. The van der Waals surface area contributed by atoms with Crippen molar-refractivity contribution in [2.24, 2.45) is 5.41 Å². The van der Waals surface area contributed by atoms with E-state index in [0.29, 0.717) is 33.0 Å². The summed E-state index contributed by atoms with van der Waals surface area (Å²) in [5.74, 6) is 0. The summed E-state index contributed by atoms with van der Waals surface area (Å²) in [4.78, 5) is 0. The van der Waals surface area contributed by atoms with Gasteiger partial charge in [-0.1, -0.05) is 26.2 Å². The van der Waals surface area contributed by atoms with Crippen molar-refractivity contribution in [3.05, 3.63) is 0 Å². The van der Waals surface area contributed by atoms with Gasteiger partial charge in [-0.2, -0.15) is 0 Å². The summed E-state index contributed by atoms with van der Waals surface area (Å²) < 4.78 is 16.4. The van der Waals surface area contributed by atoms with Crippen molar-refractivity contribution < 1.29 is 19.3 Å². The Morgan fingerprint density at radius 3 is 1.95 bits per heavy atom. The van der Waals surface area contributed by atoms with Gasteiger partial charge in [0.15, 0.2) is 0 Å². The van der Waals surface area contributed by atoms with Crippen molar-refractivity contribution in [2.45, 2.75) is 51.9 Å². The Morgan fingerprint density at radius 1 is 0.850 bits per heavy atom. The van der Waals surface area contributed by atoms with Crippen LogP contribution in [0.15, 0.2) is 0 Å².